The molecule has 17 heavy (non-hydrogen) atoms. The smallest absolute Gasteiger partial charge is 0.276 e. The predicted octanol–water partition coefficient (Wildman–Crippen LogP) is 2.43. The molecule has 0 bridgehead atoms. The van der Waals surface area contributed by atoms with Crippen LogP contribution in [0.15, 0.2) is 30.9 Å². The molecule has 0 radical (unpaired) electrons. The van der Waals surface area contributed by atoms with Crippen molar-refractivity contribution in [2.45, 2.75) is 0 Å². The molecule has 0 aliphatic rings. The van der Waals surface area contributed by atoms with Gasteiger partial charge in [0.05, 0.1) is 29.3 Å². The summed E-state index contributed by atoms with van der Waals surface area (Å²) < 4.78 is 0. The van der Waals surface area contributed by atoms with Crippen LogP contribution in [0.3, 0.4) is 0 Å². The summed E-state index contributed by atoms with van der Waals surface area (Å²) in [6.45, 7) is 0. The molecule has 2 heterocycles. The maximum atomic E-state index is 11.8. The summed E-state index contributed by atoms with van der Waals surface area (Å²) in [5.41, 5.74) is 0.512. The summed E-state index contributed by atoms with van der Waals surface area (Å²) in [6, 6.07) is 1.57. The fourth-order valence-electron chi connectivity index (χ4n) is 1.11. The molecule has 0 atom stereocenters. The molecule has 0 unspecified atom stereocenters. The molecular formula is C10H6Cl2N4O. The van der Waals surface area contributed by atoms with Gasteiger partial charge in [-0.1, -0.05) is 23.2 Å². The molecule has 5 nitrogen and oxygen atoms in total. The molecule has 86 valence electrons. The Kier molecular flexibility index (Phi) is 3.51. The normalized spacial score (nSPS) is 10.0. The van der Waals surface area contributed by atoms with Crippen LogP contribution >= 0.6 is 23.2 Å². The van der Waals surface area contributed by atoms with Gasteiger partial charge in [0.2, 0.25) is 0 Å². The van der Waals surface area contributed by atoms with Crippen molar-refractivity contribution in [1.82, 2.24) is 15.0 Å². The summed E-state index contributed by atoms with van der Waals surface area (Å²) >= 11 is 11.5. The van der Waals surface area contributed by atoms with Crippen molar-refractivity contribution < 1.29 is 4.79 Å². The first kappa shape index (κ1) is 11.8. The Morgan fingerprint density at radius 3 is 2.71 bits per heavy atom. The minimum Gasteiger partial charge on any atom is -0.318 e. The van der Waals surface area contributed by atoms with Crippen molar-refractivity contribution in [3.8, 4) is 0 Å². The van der Waals surface area contributed by atoms with E-state index in [1.807, 2.05) is 0 Å². The van der Waals surface area contributed by atoms with Gasteiger partial charge in [0.1, 0.15) is 10.8 Å². The number of nitrogens with zero attached hydrogens (tertiary/aromatic N) is 3. The Bertz CT molecular complexity index is 562. The van der Waals surface area contributed by atoms with Gasteiger partial charge in [0, 0.05) is 6.20 Å². The SMILES string of the molecule is O=C(Nc1cnccc1Cl)c1cncc(Cl)n1. The quantitative estimate of drug-likeness (QED) is 0.909. The Labute approximate surface area is 107 Å². The van der Waals surface area contributed by atoms with Gasteiger partial charge in [0.25, 0.3) is 5.91 Å². The molecular weight excluding hydrogens is 263 g/mol. The number of hydrogen-bond acceptors (Lipinski definition) is 4. The number of rotatable bonds is 2. The maximum Gasteiger partial charge on any atom is 0.276 e. The highest BCUT2D eigenvalue weighted by atomic mass is 35.5. The molecule has 1 N–H and O–H groups in total. The number of amides is 1. The van der Waals surface area contributed by atoms with Crippen LogP contribution in [0.4, 0.5) is 5.69 Å². The van der Waals surface area contributed by atoms with Gasteiger partial charge in [-0.2, -0.15) is 0 Å². The molecule has 0 fully saturated rings. The van der Waals surface area contributed by atoms with Crippen LogP contribution in [0, 0.1) is 0 Å². The number of halogens is 2. The van der Waals surface area contributed by atoms with E-state index in [-0.39, 0.29) is 10.8 Å². The van der Waals surface area contributed by atoms with Gasteiger partial charge in [-0.05, 0) is 6.07 Å². The van der Waals surface area contributed by atoms with Crippen molar-refractivity contribution in [2.75, 3.05) is 5.32 Å². The first-order chi connectivity index (χ1) is 8.16. The van der Waals surface area contributed by atoms with Crippen molar-refractivity contribution in [3.05, 3.63) is 46.7 Å². The molecule has 7 heteroatoms. The van der Waals surface area contributed by atoms with Gasteiger partial charge in [-0.15, -0.1) is 0 Å². The molecule has 0 spiro atoms. The second kappa shape index (κ2) is 5.07. The molecule has 0 saturated carbocycles. The molecule has 0 aliphatic heterocycles. The Morgan fingerprint density at radius 2 is 2.00 bits per heavy atom. The number of aromatic nitrogens is 3. The van der Waals surface area contributed by atoms with Gasteiger partial charge >= 0.3 is 0 Å². The second-order valence-electron chi connectivity index (χ2n) is 3.04. The molecule has 0 aromatic carbocycles. The lowest BCUT2D eigenvalue weighted by Gasteiger charge is -2.05. The zero-order chi connectivity index (χ0) is 12.3. The highest BCUT2D eigenvalue weighted by Crippen LogP contribution is 2.19. The summed E-state index contributed by atoms with van der Waals surface area (Å²) in [5, 5.41) is 3.10. The first-order valence-electron chi connectivity index (χ1n) is 4.55. The third-order valence-corrected chi connectivity index (χ3v) is 2.37. The number of pyridine rings is 1. The van der Waals surface area contributed by atoms with E-state index in [2.05, 4.69) is 20.3 Å². The lowest BCUT2D eigenvalue weighted by Crippen LogP contribution is -2.14. The second-order valence-corrected chi connectivity index (χ2v) is 3.83. The lowest BCUT2D eigenvalue weighted by atomic mass is 10.3. The lowest BCUT2D eigenvalue weighted by molar-refractivity contribution is 0.102. The number of anilines is 1. The van der Waals surface area contributed by atoms with E-state index < -0.39 is 5.91 Å². The van der Waals surface area contributed by atoms with Crippen molar-refractivity contribution in [2.24, 2.45) is 0 Å². The van der Waals surface area contributed by atoms with E-state index in [9.17, 15) is 4.79 Å². The number of nitrogens with one attached hydrogen (secondary N) is 1. The highest BCUT2D eigenvalue weighted by molar-refractivity contribution is 6.33. The van der Waals surface area contributed by atoms with Crippen LogP contribution < -0.4 is 5.32 Å². The van der Waals surface area contributed by atoms with Crippen LogP contribution in [-0.2, 0) is 0 Å². The molecule has 2 aromatic heterocycles. The van der Waals surface area contributed by atoms with Crippen LogP contribution in [0.2, 0.25) is 10.2 Å². The summed E-state index contributed by atoms with van der Waals surface area (Å²) in [7, 11) is 0. The summed E-state index contributed by atoms with van der Waals surface area (Å²) in [5.74, 6) is -0.449. The molecule has 2 rings (SSSR count). The van der Waals surface area contributed by atoms with Crippen LogP contribution in [0.5, 0.6) is 0 Å². The van der Waals surface area contributed by atoms with Crippen molar-refractivity contribution in [1.29, 1.82) is 0 Å². The zero-order valence-electron chi connectivity index (χ0n) is 8.39. The Balaban J connectivity index is 2.20. The van der Waals surface area contributed by atoms with E-state index in [0.29, 0.717) is 10.7 Å². The predicted molar refractivity (Wildman–Crippen MR) is 64.2 cm³/mol. The van der Waals surface area contributed by atoms with Crippen molar-refractivity contribution in [3.63, 3.8) is 0 Å². The maximum absolute atomic E-state index is 11.8. The van der Waals surface area contributed by atoms with Crippen LogP contribution in [0.1, 0.15) is 10.5 Å². The van der Waals surface area contributed by atoms with Crippen molar-refractivity contribution >= 4 is 34.8 Å². The number of carbonyl (C=O) groups excluding carboxylic acids is 1. The molecule has 1 amide bonds. The summed E-state index contributed by atoms with van der Waals surface area (Å²) in [6.07, 6.45) is 5.62. The fourth-order valence-corrected chi connectivity index (χ4v) is 1.41. The monoisotopic (exact) mass is 268 g/mol. The number of carbonyl (C=O) groups is 1. The number of hydrogen-bond donors (Lipinski definition) is 1. The molecule has 2 aromatic rings. The third-order valence-electron chi connectivity index (χ3n) is 1.85. The molecule has 0 saturated heterocycles. The topological polar surface area (TPSA) is 67.8 Å². The van der Waals surface area contributed by atoms with E-state index in [1.54, 1.807) is 6.07 Å². The first-order valence-corrected chi connectivity index (χ1v) is 5.31. The minimum atomic E-state index is -0.449. The van der Waals surface area contributed by atoms with Gasteiger partial charge in [0.15, 0.2) is 0 Å². The molecule has 0 aliphatic carbocycles. The van der Waals surface area contributed by atoms with E-state index in [1.165, 1.54) is 24.8 Å². The average molecular weight is 269 g/mol. The van der Waals surface area contributed by atoms with E-state index in [0.717, 1.165) is 0 Å². The van der Waals surface area contributed by atoms with Gasteiger partial charge in [-0.25, -0.2) is 4.98 Å². The van der Waals surface area contributed by atoms with Gasteiger partial charge < -0.3 is 5.32 Å². The van der Waals surface area contributed by atoms with Crippen LogP contribution in [0.25, 0.3) is 0 Å². The Morgan fingerprint density at radius 1 is 1.18 bits per heavy atom. The van der Waals surface area contributed by atoms with E-state index >= 15 is 0 Å². The fraction of sp³-hybridized carbons (Fsp3) is 0. The standard InChI is InChI=1S/C10H6Cl2N4O/c11-6-1-2-13-3-7(6)16-10(17)8-4-14-5-9(12)15-8/h1-5H,(H,16,17). The van der Waals surface area contributed by atoms with E-state index in [4.69, 9.17) is 23.2 Å². The zero-order valence-corrected chi connectivity index (χ0v) is 9.90. The minimum absolute atomic E-state index is 0.109. The van der Waals surface area contributed by atoms with Gasteiger partial charge in [-0.3, -0.25) is 14.8 Å². The Hall–Kier alpha value is -1.72. The highest BCUT2D eigenvalue weighted by Gasteiger charge is 2.10. The summed E-state index contributed by atoms with van der Waals surface area (Å²) in [4.78, 5) is 23.2. The largest absolute Gasteiger partial charge is 0.318 e. The van der Waals surface area contributed by atoms with Crippen LogP contribution in [-0.4, -0.2) is 20.9 Å². The third kappa shape index (κ3) is 2.89. The average Bonchev–Trinajstić information content (AvgIpc) is 2.32.